The first-order valence-corrected chi connectivity index (χ1v) is 8.93. The van der Waals surface area contributed by atoms with E-state index in [4.69, 9.17) is 4.74 Å². The quantitative estimate of drug-likeness (QED) is 0.651. The van der Waals surface area contributed by atoms with Gasteiger partial charge in [0.05, 0.1) is 17.7 Å². The van der Waals surface area contributed by atoms with Crippen LogP contribution in [0.5, 0.6) is 0 Å². The van der Waals surface area contributed by atoms with Crippen molar-refractivity contribution in [3.8, 4) is 12.1 Å². The molecule has 148 valence electrons. The van der Waals surface area contributed by atoms with Crippen LogP contribution in [0.15, 0.2) is 22.7 Å². The lowest BCUT2D eigenvalue weighted by molar-refractivity contribution is 0.0449. The van der Waals surface area contributed by atoms with Crippen molar-refractivity contribution in [3.63, 3.8) is 0 Å². The van der Waals surface area contributed by atoms with E-state index in [2.05, 4.69) is 21.2 Å². The van der Waals surface area contributed by atoms with Gasteiger partial charge in [-0.2, -0.15) is 24.0 Å². The van der Waals surface area contributed by atoms with E-state index >= 15 is 0 Å². The Kier molecular flexibility index (Phi) is 8.81. The minimum absolute atomic E-state index is 0. The average molecular weight is 458 g/mol. The number of nitrogens with zero attached hydrogens (tertiary/aromatic N) is 2. The third-order valence-electron chi connectivity index (χ3n) is 3.92. The number of carbonyl (C=O) groups excluding carboxylic acids is 1. The predicted molar refractivity (Wildman–Crippen MR) is 110 cm³/mol. The second kappa shape index (κ2) is 9.43. The molecule has 1 amide bonds. The van der Waals surface area contributed by atoms with E-state index in [1.807, 2.05) is 12.1 Å². The molecule has 0 saturated heterocycles. The van der Waals surface area contributed by atoms with Crippen molar-refractivity contribution in [1.82, 2.24) is 5.32 Å². The molecular weight excluding hydrogens is 433 g/mol. The molecule has 0 saturated carbocycles. The maximum Gasteiger partial charge on any atom is 0.408 e. The third-order valence-corrected chi connectivity index (χ3v) is 4.41. The molecule has 0 bridgehead atoms. The van der Waals surface area contributed by atoms with Crippen LogP contribution >= 0.6 is 29.4 Å². The van der Waals surface area contributed by atoms with E-state index in [0.717, 1.165) is 0 Å². The first-order chi connectivity index (χ1) is 11.8. The summed E-state index contributed by atoms with van der Waals surface area (Å²) in [5.74, 6) is -0.498. The molecule has 0 radical (unpaired) electrons. The lowest BCUT2D eigenvalue weighted by Gasteiger charge is -2.34. The van der Waals surface area contributed by atoms with Gasteiger partial charge >= 0.3 is 6.09 Å². The van der Waals surface area contributed by atoms with Crippen molar-refractivity contribution in [3.05, 3.63) is 34.1 Å². The third kappa shape index (κ3) is 7.40. The molecule has 1 rings (SSSR count). The molecule has 27 heavy (non-hydrogen) atoms. The van der Waals surface area contributed by atoms with Crippen LogP contribution in [0.3, 0.4) is 0 Å². The summed E-state index contributed by atoms with van der Waals surface area (Å²) in [6.07, 6.45) is -0.370. The molecule has 0 aromatic heterocycles. The number of nitrogens with one attached hydrogen (secondary N) is 1. The first-order valence-electron chi connectivity index (χ1n) is 8.13. The van der Waals surface area contributed by atoms with Gasteiger partial charge in [-0.05, 0) is 65.7 Å². The number of carbonyl (C=O) groups is 1. The molecule has 0 fully saturated rings. The highest BCUT2D eigenvalue weighted by molar-refractivity contribution is 9.10. The van der Waals surface area contributed by atoms with Crippen LogP contribution in [0.2, 0.25) is 0 Å². The molecule has 0 aliphatic heterocycles. The Morgan fingerprint density at radius 1 is 1.19 bits per heavy atom. The highest BCUT2D eigenvalue weighted by Gasteiger charge is 2.36. The van der Waals surface area contributed by atoms with Gasteiger partial charge in [0.25, 0.3) is 0 Å². The van der Waals surface area contributed by atoms with E-state index < -0.39 is 28.5 Å². The Hall–Kier alpha value is -1.77. The molecule has 0 spiro atoms. The summed E-state index contributed by atoms with van der Waals surface area (Å²) in [5.41, 5.74) is -2.87. The SMILES string of the molecule is CC(C#N)(C#N)CC[C@](C)(NC(=O)OC(C)(C)C)c1cc(Br)ccc1F.S. The Morgan fingerprint density at radius 2 is 1.74 bits per heavy atom. The fraction of sp³-hybridized carbons (Fsp3) is 0.526. The number of halogens is 2. The first kappa shape index (κ1) is 25.2. The van der Waals surface area contributed by atoms with Crippen LogP contribution in [-0.2, 0) is 10.3 Å². The Labute approximate surface area is 175 Å². The molecule has 0 unspecified atom stereocenters. The summed E-state index contributed by atoms with van der Waals surface area (Å²) in [6.45, 7) is 8.35. The van der Waals surface area contributed by atoms with Crippen molar-refractivity contribution in [1.29, 1.82) is 10.5 Å². The highest BCUT2D eigenvalue weighted by atomic mass is 79.9. The standard InChI is InChI=1S/C19H23BrFN3O2.H2S/c1-17(2,3)26-16(25)24-19(5,9-8-18(4,11-22)12-23)14-10-13(20)6-7-15(14)21;/h6-7,10H,8-9H2,1-5H3,(H,24,25);1H2/t19-;/m0./s1. The van der Waals surface area contributed by atoms with Gasteiger partial charge in [0.15, 0.2) is 0 Å². The zero-order chi connectivity index (χ0) is 20.2. The second-order valence-electron chi connectivity index (χ2n) is 7.64. The summed E-state index contributed by atoms with van der Waals surface area (Å²) in [5, 5.41) is 21.2. The highest BCUT2D eigenvalue weighted by Crippen LogP contribution is 2.35. The van der Waals surface area contributed by atoms with Crippen LogP contribution in [0.1, 0.15) is 53.0 Å². The zero-order valence-electron chi connectivity index (χ0n) is 16.1. The number of hydrogen-bond acceptors (Lipinski definition) is 4. The molecule has 1 atom stereocenters. The molecule has 8 heteroatoms. The normalized spacial score (nSPS) is 13.4. The van der Waals surface area contributed by atoms with Crippen molar-refractivity contribution in [2.24, 2.45) is 5.41 Å². The average Bonchev–Trinajstić information content (AvgIpc) is 2.53. The minimum atomic E-state index is -1.24. The molecule has 0 aliphatic rings. The van der Waals surface area contributed by atoms with E-state index in [9.17, 15) is 19.7 Å². The van der Waals surface area contributed by atoms with E-state index in [-0.39, 0.29) is 31.9 Å². The van der Waals surface area contributed by atoms with Crippen molar-refractivity contribution >= 4 is 35.5 Å². The van der Waals surface area contributed by atoms with Gasteiger partial charge in [0.1, 0.15) is 16.8 Å². The zero-order valence-corrected chi connectivity index (χ0v) is 18.7. The Morgan fingerprint density at radius 3 is 2.22 bits per heavy atom. The van der Waals surface area contributed by atoms with E-state index in [1.54, 1.807) is 39.8 Å². The molecule has 5 nitrogen and oxygen atoms in total. The van der Waals surface area contributed by atoms with Crippen LogP contribution in [0.4, 0.5) is 9.18 Å². The number of amides is 1. The fourth-order valence-electron chi connectivity index (χ4n) is 2.35. The van der Waals surface area contributed by atoms with Gasteiger partial charge in [0, 0.05) is 10.0 Å². The largest absolute Gasteiger partial charge is 0.444 e. The lowest BCUT2D eigenvalue weighted by Crippen LogP contribution is -2.46. The predicted octanol–water partition coefficient (Wildman–Crippen LogP) is 5.27. The minimum Gasteiger partial charge on any atom is -0.444 e. The number of benzene rings is 1. The number of nitriles is 2. The lowest BCUT2D eigenvalue weighted by atomic mass is 9.79. The van der Waals surface area contributed by atoms with Crippen molar-refractivity contribution < 1.29 is 13.9 Å². The van der Waals surface area contributed by atoms with Gasteiger partial charge in [0.2, 0.25) is 0 Å². The second-order valence-corrected chi connectivity index (χ2v) is 8.55. The molecule has 0 aliphatic carbocycles. The van der Waals surface area contributed by atoms with Crippen LogP contribution < -0.4 is 5.32 Å². The monoisotopic (exact) mass is 457 g/mol. The van der Waals surface area contributed by atoms with Crippen LogP contribution in [-0.4, -0.2) is 11.7 Å². The molecule has 1 aromatic carbocycles. The summed E-state index contributed by atoms with van der Waals surface area (Å²) in [4.78, 5) is 12.3. The number of ether oxygens (including phenoxy) is 1. The van der Waals surface area contributed by atoms with Gasteiger partial charge in [-0.25, -0.2) is 9.18 Å². The summed E-state index contributed by atoms with van der Waals surface area (Å²) in [7, 11) is 0. The molecular formula is C19H25BrFN3O2S. The Bertz CT molecular complexity index is 754. The van der Waals surface area contributed by atoms with Gasteiger partial charge < -0.3 is 10.1 Å². The maximum absolute atomic E-state index is 14.5. The van der Waals surface area contributed by atoms with Crippen molar-refractivity contribution in [2.45, 2.75) is 58.6 Å². The summed E-state index contributed by atoms with van der Waals surface area (Å²) < 4.78 is 20.4. The van der Waals surface area contributed by atoms with Gasteiger partial charge in [-0.1, -0.05) is 15.9 Å². The smallest absolute Gasteiger partial charge is 0.408 e. The number of rotatable bonds is 5. The van der Waals surface area contributed by atoms with Crippen LogP contribution in [0, 0.1) is 33.9 Å². The molecule has 1 N–H and O–H groups in total. The van der Waals surface area contributed by atoms with Crippen molar-refractivity contribution in [2.75, 3.05) is 0 Å². The van der Waals surface area contributed by atoms with E-state index in [0.29, 0.717) is 4.47 Å². The summed E-state index contributed by atoms with van der Waals surface area (Å²) >= 11 is 3.31. The van der Waals surface area contributed by atoms with Crippen LogP contribution in [0.25, 0.3) is 0 Å². The molecule has 1 aromatic rings. The van der Waals surface area contributed by atoms with Gasteiger partial charge in [-0.3, -0.25) is 0 Å². The topological polar surface area (TPSA) is 85.9 Å². The van der Waals surface area contributed by atoms with E-state index in [1.165, 1.54) is 13.0 Å². The maximum atomic E-state index is 14.5. The fourth-order valence-corrected chi connectivity index (χ4v) is 2.71. The Balaban J connectivity index is 0.00000676. The summed E-state index contributed by atoms with van der Waals surface area (Å²) in [6, 6.07) is 8.35. The number of alkyl carbamates (subject to hydrolysis) is 1. The van der Waals surface area contributed by atoms with Gasteiger partial charge in [-0.15, -0.1) is 0 Å². The molecule has 0 heterocycles. The number of hydrogen-bond donors (Lipinski definition) is 1.